The molecule has 18 heavy (non-hydrogen) atoms. The Labute approximate surface area is 104 Å². The van der Waals surface area contributed by atoms with Crippen LogP contribution >= 0.6 is 0 Å². The summed E-state index contributed by atoms with van der Waals surface area (Å²) >= 11 is 0. The smallest absolute Gasteiger partial charge is 0.337 e. The van der Waals surface area contributed by atoms with Crippen LogP contribution in [0.2, 0.25) is 0 Å². The fourth-order valence-electron chi connectivity index (χ4n) is 2.12. The van der Waals surface area contributed by atoms with E-state index in [9.17, 15) is 4.79 Å². The number of fused-ring (bicyclic) bond motifs is 1. The van der Waals surface area contributed by atoms with Crippen LogP contribution in [0.15, 0.2) is 36.5 Å². The van der Waals surface area contributed by atoms with Crippen molar-refractivity contribution in [3.05, 3.63) is 53.2 Å². The van der Waals surface area contributed by atoms with Crippen molar-refractivity contribution < 1.29 is 9.90 Å². The third-order valence-electron chi connectivity index (χ3n) is 3.05. The molecule has 0 atom stereocenters. The Bertz CT molecular complexity index is 588. The maximum atomic E-state index is 10.9. The summed E-state index contributed by atoms with van der Waals surface area (Å²) in [6.07, 6.45) is 1.26. The highest BCUT2D eigenvalue weighted by Gasteiger charge is 2.20. The van der Waals surface area contributed by atoms with Gasteiger partial charge in [-0.1, -0.05) is 24.3 Å². The van der Waals surface area contributed by atoms with E-state index in [0.29, 0.717) is 5.82 Å². The molecule has 0 bridgehead atoms. The van der Waals surface area contributed by atoms with Crippen LogP contribution in [0.5, 0.6) is 0 Å². The fourth-order valence-corrected chi connectivity index (χ4v) is 2.12. The lowest BCUT2D eigenvalue weighted by Gasteiger charge is -2.15. The Morgan fingerprint density at radius 1 is 1.22 bits per heavy atom. The Morgan fingerprint density at radius 2 is 1.89 bits per heavy atom. The molecular weight excluding hydrogens is 230 g/mol. The number of carboxylic acids is 1. The zero-order chi connectivity index (χ0) is 12.5. The van der Waals surface area contributed by atoms with Crippen molar-refractivity contribution in [2.45, 2.75) is 13.1 Å². The van der Waals surface area contributed by atoms with E-state index >= 15 is 0 Å². The van der Waals surface area contributed by atoms with Gasteiger partial charge >= 0.3 is 5.97 Å². The molecule has 2 aromatic rings. The summed E-state index contributed by atoms with van der Waals surface area (Å²) < 4.78 is 0. The minimum atomic E-state index is -0.983. The summed E-state index contributed by atoms with van der Waals surface area (Å²) in [5, 5.41) is 16.7. The van der Waals surface area contributed by atoms with E-state index in [-0.39, 0.29) is 5.56 Å². The van der Waals surface area contributed by atoms with E-state index < -0.39 is 5.97 Å². The zero-order valence-electron chi connectivity index (χ0n) is 9.58. The normalized spacial score (nSPS) is 13.4. The van der Waals surface area contributed by atoms with Crippen LogP contribution in [0, 0.1) is 0 Å². The van der Waals surface area contributed by atoms with Gasteiger partial charge in [-0.05, 0) is 17.2 Å². The molecule has 2 heterocycles. The van der Waals surface area contributed by atoms with E-state index in [4.69, 9.17) is 5.11 Å². The van der Waals surface area contributed by atoms with Crippen LogP contribution in [-0.4, -0.2) is 21.3 Å². The first-order chi connectivity index (χ1) is 8.74. The van der Waals surface area contributed by atoms with Crippen LogP contribution in [0.25, 0.3) is 0 Å². The van der Waals surface area contributed by atoms with Gasteiger partial charge in [0.1, 0.15) is 0 Å². The lowest BCUT2D eigenvalue weighted by molar-refractivity contribution is 0.0696. The summed E-state index contributed by atoms with van der Waals surface area (Å²) in [5.41, 5.74) is 2.66. The number of hydrogen-bond donors (Lipinski definition) is 1. The second-order valence-electron chi connectivity index (χ2n) is 4.23. The molecule has 1 aliphatic heterocycles. The standard InChI is InChI=1S/C13H11N3O2/c17-13(18)11-5-12(15-14-6-11)16-7-9-3-1-2-4-10(9)8-16/h1-6H,7-8H2,(H,17,18). The van der Waals surface area contributed by atoms with Crippen molar-refractivity contribution in [3.63, 3.8) is 0 Å². The molecule has 90 valence electrons. The third-order valence-corrected chi connectivity index (χ3v) is 3.05. The molecule has 0 amide bonds. The second kappa shape index (κ2) is 4.10. The van der Waals surface area contributed by atoms with Crippen molar-refractivity contribution in [1.82, 2.24) is 10.2 Å². The van der Waals surface area contributed by atoms with Gasteiger partial charge in [-0.25, -0.2) is 4.79 Å². The second-order valence-corrected chi connectivity index (χ2v) is 4.23. The van der Waals surface area contributed by atoms with Crippen LogP contribution in [0.4, 0.5) is 5.82 Å². The molecule has 0 spiro atoms. The van der Waals surface area contributed by atoms with Crippen molar-refractivity contribution in [1.29, 1.82) is 0 Å². The van der Waals surface area contributed by atoms with E-state index in [1.165, 1.54) is 17.3 Å². The topological polar surface area (TPSA) is 66.3 Å². The first-order valence-electron chi connectivity index (χ1n) is 5.62. The lowest BCUT2D eigenvalue weighted by atomic mass is 10.1. The Hall–Kier alpha value is -2.43. The average molecular weight is 241 g/mol. The van der Waals surface area contributed by atoms with Crippen molar-refractivity contribution in [2.24, 2.45) is 0 Å². The van der Waals surface area contributed by atoms with E-state index in [2.05, 4.69) is 22.3 Å². The summed E-state index contributed by atoms with van der Waals surface area (Å²) in [7, 11) is 0. The van der Waals surface area contributed by atoms with E-state index in [1.807, 2.05) is 17.0 Å². The third kappa shape index (κ3) is 1.79. The quantitative estimate of drug-likeness (QED) is 0.866. The number of nitrogens with zero attached hydrogens (tertiary/aromatic N) is 3. The zero-order valence-corrected chi connectivity index (χ0v) is 9.58. The number of carbonyl (C=O) groups is 1. The average Bonchev–Trinajstić information content (AvgIpc) is 2.82. The minimum absolute atomic E-state index is 0.163. The Kier molecular flexibility index (Phi) is 2.44. The molecule has 1 aromatic heterocycles. The molecule has 0 aliphatic carbocycles. The fraction of sp³-hybridized carbons (Fsp3) is 0.154. The van der Waals surface area contributed by atoms with Crippen LogP contribution in [0.3, 0.4) is 0 Å². The number of rotatable bonds is 2. The SMILES string of the molecule is O=C(O)c1cnnc(N2Cc3ccccc3C2)c1. The van der Waals surface area contributed by atoms with Gasteiger partial charge in [0.2, 0.25) is 0 Å². The predicted molar refractivity (Wildman–Crippen MR) is 65.3 cm³/mol. The summed E-state index contributed by atoms with van der Waals surface area (Å²) in [6, 6.07) is 9.71. The number of hydrogen-bond acceptors (Lipinski definition) is 4. The minimum Gasteiger partial charge on any atom is -0.478 e. The van der Waals surface area contributed by atoms with Crippen LogP contribution in [-0.2, 0) is 13.1 Å². The van der Waals surface area contributed by atoms with Gasteiger partial charge in [0, 0.05) is 13.1 Å². The van der Waals surface area contributed by atoms with E-state index in [1.54, 1.807) is 6.07 Å². The predicted octanol–water partition coefficient (Wildman–Crippen LogP) is 1.70. The monoisotopic (exact) mass is 241 g/mol. The van der Waals surface area contributed by atoms with Gasteiger partial charge in [0.15, 0.2) is 5.82 Å². The highest BCUT2D eigenvalue weighted by Crippen LogP contribution is 2.26. The van der Waals surface area contributed by atoms with Crippen LogP contribution < -0.4 is 4.90 Å². The maximum Gasteiger partial charge on any atom is 0.337 e. The maximum absolute atomic E-state index is 10.9. The molecule has 0 saturated carbocycles. The summed E-state index contributed by atoms with van der Waals surface area (Å²) in [4.78, 5) is 12.9. The van der Waals surface area contributed by atoms with Gasteiger partial charge in [-0.15, -0.1) is 5.10 Å². The van der Waals surface area contributed by atoms with Gasteiger partial charge in [0.25, 0.3) is 0 Å². The molecule has 1 aromatic carbocycles. The molecular formula is C13H11N3O2. The molecule has 1 aliphatic rings. The van der Waals surface area contributed by atoms with Crippen molar-refractivity contribution in [3.8, 4) is 0 Å². The lowest BCUT2D eigenvalue weighted by Crippen LogP contribution is -2.17. The molecule has 1 N–H and O–H groups in total. The first-order valence-corrected chi connectivity index (χ1v) is 5.62. The van der Waals surface area contributed by atoms with Gasteiger partial charge in [0.05, 0.1) is 11.8 Å². The number of anilines is 1. The highest BCUT2D eigenvalue weighted by molar-refractivity contribution is 5.88. The van der Waals surface area contributed by atoms with Crippen LogP contribution in [0.1, 0.15) is 21.5 Å². The number of aromatic carboxylic acids is 1. The molecule has 0 fully saturated rings. The largest absolute Gasteiger partial charge is 0.478 e. The van der Waals surface area contributed by atoms with Crippen molar-refractivity contribution in [2.75, 3.05) is 4.90 Å². The molecule has 0 radical (unpaired) electrons. The van der Waals surface area contributed by atoms with Gasteiger partial charge in [-0.3, -0.25) is 0 Å². The summed E-state index contributed by atoms with van der Waals surface area (Å²) in [6.45, 7) is 1.49. The number of benzene rings is 1. The van der Waals surface area contributed by atoms with Gasteiger partial charge in [-0.2, -0.15) is 5.10 Å². The Morgan fingerprint density at radius 3 is 2.50 bits per heavy atom. The molecule has 5 heteroatoms. The highest BCUT2D eigenvalue weighted by atomic mass is 16.4. The molecule has 5 nitrogen and oxygen atoms in total. The van der Waals surface area contributed by atoms with Gasteiger partial charge < -0.3 is 10.0 Å². The number of carboxylic acid groups (broad SMARTS) is 1. The molecule has 0 unspecified atom stereocenters. The van der Waals surface area contributed by atoms with Crippen molar-refractivity contribution >= 4 is 11.8 Å². The number of aromatic nitrogens is 2. The molecule has 3 rings (SSSR count). The summed E-state index contributed by atoms with van der Waals surface area (Å²) in [5.74, 6) is -0.381. The molecule has 0 saturated heterocycles. The first kappa shape index (κ1) is 10.7. The Balaban J connectivity index is 1.90. The van der Waals surface area contributed by atoms with E-state index in [0.717, 1.165) is 13.1 Å².